The zero-order valence-electron chi connectivity index (χ0n) is 23.7. The quantitative estimate of drug-likeness (QED) is 0.230. The Morgan fingerprint density at radius 1 is 1.18 bits per heavy atom. The van der Waals surface area contributed by atoms with Crippen molar-refractivity contribution >= 4 is 23.7 Å². The lowest BCUT2D eigenvalue weighted by Gasteiger charge is -2.37. The average molecular weight is 551 g/mol. The van der Waals surface area contributed by atoms with E-state index in [2.05, 4.69) is 48.7 Å². The van der Waals surface area contributed by atoms with E-state index < -0.39 is 11.6 Å². The van der Waals surface area contributed by atoms with E-state index in [-0.39, 0.29) is 28.9 Å². The number of likely N-dealkylation sites (N-methyl/N-ethyl adjacent to an activating group) is 1. The summed E-state index contributed by atoms with van der Waals surface area (Å²) in [6, 6.07) is 3.01. The lowest BCUT2D eigenvalue weighted by atomic mass is 10.1. The molecular formula is C29H36F2N8O. The molecule has 2 saturated heterocycles. The topological polar surface area (TPSA) is 87.0 Å². The smallest absolute Gasteiger partial charge is 0.229 e. The Morgan fingerprint density at radius 3 is 2.52 bits per heavy atom. The van der Waals surface area contributed by atoms with E-state index in [0.29, 0.717) is 29.3 Å². The van der Waals surface area contributed by atoms with Gasteiger partial charge in [-0.2, -0.15) is 0 Å². The summed E-state index contributed by atoms with van der Waals surface area (Å²) in [5, 5.41) is 3.00. The normalized spacial score (nSPS) is 20.9. The van der Waals surface area contributed by atoms with Crippen molar-refractivity contribution in [2.75, 3.05) is 44.6 Å². The number of imidazole rings is 1. The van der Waals surface area contributed by atoms with Crippen LogP contribution in [0.25, 0.3) is 22.3 Å². The monoisotopic (exact) mass is 550 g/mol. The van der Waals surface area contributed by atoms with Gasteiger partial charge in [0.05, 0.1) is 18.3 Å². The third kappa shape index (κ3) is 5.28. The highest BCUT2D eigenvalue weighted by molar-refractivity contribution is 5.83. The van der Waals surface area contributed by atoms with Gasteiger partial charge < -0.3 is 19.5 Å². The molecular weight excluding hydrogens is 514 g/mol. The number of anilines is 1. The molecule has 9 nitrogen and oxygen atoms in total. The first kappa shape index (κ1) is 28.0. The Bertz CT molecular complexity index is 1480. The SMILES string of the molecule is C=N/C(=C\C=C(/C)[C@@]1(N2CCN(CC)CC2)CO1)Nc1ncc(F)c(-c2cc(F)c3nc(C)n(C(C)C)c3c2)n1. The highest BCUT2D eigenvalue weighted by atomic mass is 19.1. The van der Waals surface area contributed by atoms with E-state index in [1.54, 1.807) is 12.1 Å². The van der Waals surface area contributed by atoms with Gasteiger partial charge in [0.1, 0.15) is 22.9 Å². The Balaban J connectivity index is 1.39. The molecule has 0 unspecified atom stereocenters. The van der Waals surface area contributed by atoms with Crippen LogP contribution in [0.3, 0.4) is 0 Å². The second-order valence-electron chi connectivity index (χ2n) is 10.5. The van der Waals surface area contributed by atoms with Crippen molar-refractivity contribution < 1.29 is 13.5 Å². The van der Waals surface area contributed by atoms with Gasteiger partial charge in [-0.05, 0) is 64.7 Å². The van der Waals surface area contributed by atoms with E-state index in [1.165, 1.54) is 6.07 Å². The molecule has 0 bridgehead atoms. The summed E-state index contributed by atoms with van der Waals surface area (Å²) in [5.74, 6) is -0.0190. The second kappa shape index (κ2) is 11.1. The summed E-state index contributed by atoms with van der Waals surface area (Å²) < 4.78 is 37.8. The summed E-state index contributed by atoms with van der Waals surface area (Å²) in [6.45, 7) is 19.3. The first-order valence-corrected chi connectivity index (χ1v) is 13.6. The molecule has 1 aromatic carbocycles. The lowest BCUT2D eigenvalue weighted by Crippen LogP contribution is -2.52. The largest absolute Gasteiger partial charge is 0.349 e. The minimum absolute atomic E-state index is 0.0286. The van der Waals surface area contributed by atoms with Crippen molar-refractivity contribution in [3.8, 4) is 11.3 Å². The summed E-state index contributed by atoms with van der Waals surface area (Å²) >= 11 is 0. The van der Waals surface area contributed by atoms with Crippen LogP contribution in [0.4, 0.5) is 14.7 Å². The van der Waals surface area contributed by atoms with Gasteiger partial charge in [-0.25, -0.2) is 28.7 Å². The predicted octanol–water partition coefficient (Wildman–Crippen LogP) is 4.93. The molecule has 0 saturated carbocycles. The van der Waals surface area contributed by atoms with Crippen LogP contribution in [0.2, 0.25) is 0 Å². The zero-order valence-corrected chi connectivity index (χ0v) is 23.7. The van der Waals surface area contributed by atoms with Crippen LogP contribution in [0.1, 0.15) is 39.6 Å². The molecule has 3 aromatic rings. The minimum atomic E-state index is -0.666. The number of benzene rings is 1. The predicted molar refractivity (Wildman–Crippen MR) is 153 cm³/mol. The first-order valence-electron chi connectivity index (χ1n) is 13.6. The van der Waals surface area contributed by atoms with Crippen LogP contribution in [0.15, 0.2) is 46.9 Å². The number of nitrogens with one attached hydrogen (secondary N) is 1. The number of ether oxygens (including phenoxy) is 1. The number of halogens is 2. The molecule has 0 aliphatic carbocycles. The van der Waals surface area contributed by atoms with E-state index in [4.69, 9.17) is 4.74 Å². The van der Waals surface area contributed by atoms with Gasteiger partial charge in [0.15, 0.2) is 17.4 Å². The third-order valence-electron chi connectivity index (χ3n) is 7.72. The number of hydrogen-bond acceptors (Lipinski definition) is 8. The van der Waals surface area contributed by atoms with Crippen LogP contribution in [-0.4, -0.2) is 81.1 Å². The number of rotatable bonds is 9. The summed E-state index contributed by atoms with van der Waals surface area (Å²) in [6.07, 6.45) is 4.78. The van der Waals surface area contributed by atoms with Gasteiger partial charge in [0.25, 0.3) is 0 Å². The second-order valence-corrected chi connectivity index (χ2v) is 10.5. The third-order valence-corrected chi connectivity index (χ3v) is 7.72. The molecule has 4 heterocycles. The van der Waals surface area contributed by atoms with Crippen molar-refractivity contribution in [2.45, 2.75) is 46.4 Å². The maximum Gasteiger partial charge on any atom is 0.229 e. The molecule has 0 radical (unpaired) electrons. The molecule has 0 amide bonds. The van der Waals surface area contributed by atoms with Gasteiger partial charge >= 0.3 is 0 Å². The van der Waals surface area contributed by atoms with Crippen molar-refractivity contribution in [3.05, 3.63) is 59.3 Å². The highest BCUT2D eigenvalue weighted by Crippen LogP contribution is 2.39. The number of epoxide rings is 1. The molecule has 11 heteroatoms. The Hall–Kier alpha value is -3.54. The number of fused-ring (bicyclic) bond motifs is 1. The molecule has 40 heavy (non-hydrogen) atoms. The van der Waals surface area contributed by atoms with Gasteiger partial charge in [0, 0.05) is 37.8 Å². The standard InChI is InChI=1S/C29H36F2N8O/c1-7-37-10-12-38(13-11-37)29(17-40-29)19(4)8-9-25(32-6)35-28-33-16-23(31)26(36-28)21-14-22(30)27-24(15-21)39(18(2)3)20(5)34-27/h8-9,14-16,18H,6-7,10-13,17H2,1-5H3,(H,33,35,36)/b19-8+,25-9+/t29-/m1/s1. The summed E-state index contributed by atoms with van der Waals surface area (Å²) in [5.41, 5.74) is 1.76. The molecule has 1 N–H and O–H groups in total. The summed E-state index contributed by atoms with van der Waals surface area (Å²) in [4.78, 5) is 21.6. The molecule has 2 aliphatic rings. The van der Waals surface area contributed by atoms with Crippen LogP contribution in [0.5, 0.6) is 0 Å². The number of aliphatic imine (C=N–C) groups is 1. The number of nitrogens with zero attached hydrogens (tertiary/aromatic N) is 7. The molecule has 0 spiro atoms. The van der Waals surface area contributed by atoms with E-state index in [9.17, 15) is 4.39 Å². The van der Waals surface area contributed by atoms with Gasteiger partial charge in [-0.3, -0.25) is 4.90 Å². The number of allylic oxidation sites excluding steroid dienone is 2. The fourth-order valence-electron chi connectivity index (χ4n) is 5.42. The maximum absolute atomic E-state index is 15.0. The Morgan fingerprint density at radius 2 is 1.90 bits per heavy atom. The molecule has 2 fully saturated rings. The molecule has 2 aliphatic heterocycles. The van der Waals surface area contributed by atoms with Crippen LogP contribution in [-0.2, 0) is 4.74 Å². The van der Waals surface area contributed by atoms with E-state index in [1.807, 2.05) is 38.3 Å². The highest BCUT2D eigenvalue weighted by Gasteiger charge is 2.52. The molecule has 212 valence electrons. The first-order chi connectivity index (χ1) is 19.2. The van der Waals surface area contributed by atoms with Crippen molar-refractivity contribution in [2.24, 2.45) is 4.99 Å². The molecule has 1 atom stereocenters. The Kier molecular flexibility index (Phi) is 7.80. The average Bonchev–Trinajstić information content (AvgIpc) is 3.68. The molecule has 2 aromatic heterocycles. The van der Waals surface area contributed by atoms with E-state index in [0.717, 1.165) is 44.5 Å². The number of hydrogen-bond donors (Lipinski definition) is 1. The van der Waals surface area contributed by atoms with Gasteiger partial charge in [-0.1, -0.05) is 13.0 Å². The minimum Gasteiger partial charge on any atom is -0.349 e. The van der Waals surface area contributed by atoms with Gasteiger partial charge in [-0.15, -0.1) is 0 Å². The van der Waals surface area contributed by atoms with Crippen molar-refractivity contribution in [1.82, 2.24) is 29.3 Å². The lowest BCUT2D eigenvalue weighted by molar-refractivity contribution is 0.0508. The van der Waals surface area contributed by atoms with Crippen molar-refractivity contribution in [1.29, 1.82) is 0 Å². The van der Waals surface area contributed by atoms with Crippen molar-refractivity contribution in [3.63, 3.8) is 0 Å². The van der Waals surface area contributed by atoms with Crippen LogP contribution >= 0.6 is 0 Å². The van der Waals surface area contributed by atoms with Gasteiger partial charge in [0.2, 0.25) is 5.95 Å². The Labute approximate surface area is 233 Å². The fourth-order valence-corrected chi connectivity index (χ4v) is 5.42. The fraction of sp³-hybridized carbons (Fsp3) is 0.448. The summed E-state index contributed by atoms with van der Waals surface area (Å²) in [7, 11) is 0. The number of aromatic nitrogens is 4. The maximum atomic E-state index is 15.0. The van der Waals surface area contributed by atoms with Crippen LogP contribution < -0.4 is 5.32 Å². The molecule has 5 rings (SSSR count). The number of aryl methyl sites for hydroxylation is 1. The number of piperazine rings is 1. The van der Waals surface area contributed by atoms with Crippen LogP contribution in [0, 0.1) is 18.6 Å². The van der Waals surface area contributed by atoms with E-state index >= 15 is 4.39 Å². The zero-order chi connectivity index (χ0) is 28.6.